The molecule has 0 spiro atoms. The fraction of sp³-hybridized carbons (Fsp3) is 0.556. The van der Waals surface area contributed by atoms with Crippen LogP contribution in [0.25, 0.3) is 0 Å². The van der Waals surface area contributed by atoms with Gasteiger partial charge in [-0.25, -0.2) is 0 Å². The molecule has 2 aliphatic heterocycles. The SMILES string of the molecule is C=CCCC(=O)N1CC[C@@H]2OCCN(Cc3cccnc3)[C@@H]2C1. The summed E-state index contributed by atoms with van der Waals surface area (Å²) in [7, 11) is 0. The summed E-state index contributed by atoms with van der Waals surface area (Å²) in [6.07, 6.45) is 8.00. The molecule has 0 aromatic carbocycles. The van der Waals surface area contributed by atoms with Crippen molar-refractivity contribution in [3.8, 4) is 0 Å². The normalized spacial score (nSPS) is 25.0. The number of likely N-dealkylation sites (tertiary alicyclic amines) is 1. The van der Waals surface area contributed by atoms with E-state index in [4.69, 9.17) is 4.74 Å². The van der Waals surface area contributed by atoms with E-state index >= 15 is 0 Å². The number of aromatic nitrogens is 1. The number of carbonyl (C=O) groups excluding carboxylic acids is 1. The van der Waals surface area contributed by atoms with Crippen molar-refractivity contribution < 1.29 is 9.53 Å². The second-order valence-corrected chi connectivity index (χ2v) is 6.26. The third-order valence-electron chi connectivity index (χ3n) is 4.72. The smallest absolute Gasteiger partial charge is 0.222 e. The minimum atomic E-state index is 0.232. The molecule has 2 atom stereocenters. The van der Waals surface area contributed by atoms with E-state index < -0.39 is 0 Å². The maximum Gasteiger partial charge on any atom is 0.222 e. The zero-order valence-electron chi connectivity index (χ0n) is 13.6. The van der Waals surface area contributed by atoms with Gasteiger partial charge in [-0.2, -0.15) is 0 Å². The van der Waals surface area contributed by atoms with Gasteiger partial charge in [0, 0.05) is 45.0 Å². The molecular weight excluding hydrogens is 290 g/mol. The number of ether oxygens (including phenoxy) is 1. The molecule has 2 fully saturated rings. The van der Waals surface area contributed by atoms with Gasteiger partial charge in [0.25, 0.3) is 0 Å². The second kappa shape index (κ2) is 7.70. The minimum Gasteiger partial charge on any atom is -0.375 e. The minimum absolute atomic E-state index is 0.232. The van der Waals surface area contributed by atoms with Crippen LogP contribution in [0.4, 0.5) is 0 Å². The number of amides is 1. The number of rotatable bonds is 5. The van der Waals surface area contributed by atoms with Gasteiger partial charge < -0.3 is 9.64 Å². The van der Waals surface area contributed by atoms with E-state index in [0.717, 1.165) is 45.6 Å². The average molecular weight is 315 g/mol. The Morgan fingerprint density at radius 2 is 2.39 bits per heavy atom. The van der Waals surface area contributed by atoms with E-state index in [1.807, 2.05) is 23.2 Å². The summed E-state index contributed by atoms with van der Waals surface area (Å²) in [5.41, 5.74) is 1.21. The number of morpholine rings is 1. The van der Waals surface area contributed by atoms with Crippen LogP contribution < -0.4 is 0 Å². The van der Waals surface area contributed by atoms with Gasteiger partial charge in [0.2, 0.25) is 5.91 Å². The van der Waals surface area contributed by atoms with Gasteiger partial charge in [0.1, 0.15) is 0 Å². The number of fused-ring (bicyclic) bond motifs is 1. The molecule has 3 heterocycles. The highest BCUT2D eigenvalue weighted by Crippen LogP contribution is 2.25. The summed E-state index contributed by atoms with van der Waals surface area (Å²) < 4.78 is 5.95. The van der Waals surface area contributed by atoms with Gasteiger partial charge in [-0.05, 0) is 24.5 Å². The topological polar surface area (TPSA) is 45.7 Å². The van der Waals surface area contributed by atoms with Gasteiger partial charge in [-0.15, -0.1) is 6.58 Å². The Morgan fingerprint density at radius 1 is 1.48 bits per heavy atom. The molecule has 3 rings (SSSR count). The third-order valence-corrected chi connectivity index (χ3v) is 4.72. The first kappa shape index (κ1) is 16.1. The maximum atomic E-state index is 12.3. The Hall–Kier alpha value is -1.72. The quantitative estimate of drug-likeness (QED) is 0.778. The third kappa shape index (κ3) is 3.98. The summed E-state index contributed by atoms with van der Waals surface area (Å²) in [5, 5.41) is 0. The van der Waals surface area contributed by atoms with Crippen molar-refractivity contribution in [2.24, 2.45) is 0 Å². The molecule has 0 aliphatic carbocycles. The van der Waals surface area contributed by atoms with Crippen LogP contribution in [-0.2, 0) is 16.1 Å². The fourth-order valence-electron chi connectivity index (χ4n) is 3.47. The van der Waals surface area contributed by atoms with E-state index in [1.165, 1.54) is 5.56 Å². The summed E-state index contributed by atoms with van der Waals surface area (Å²) >= 11 is 0. The Morgan fingerprint density at radius 3 is 3.17 bits per heavy atom. The predicted molar refractivity (Wildman–Crippen MR) is 88.8 cm³/mol. The van der Waals surface area contributed by atoms with Gasteiger partial charge in [-0.3, -0.25) is 14.7 Å². The Bertz CT molecular complexity index is 534. The van der Waals surface area contributed by atoms with Crippen LogP contribution in [0.2, 0.25) is 0 Å². The van der Waals surface area contributed by atoms with E-state index in [0.29, 0.717) is 6.42 Å². The summed E-state index contributed by atoms with van der Waals surface area (Å²) in [5.74, 6) is 0.232. The number of carbonyl (C=O) groups is 1. The number of hydrogen-bond acceptors (Lipinski definition) is 4. The second-order valence-electron chi connectivity index (χ2n) is 6.26. The predicted octanol–water partition coefficient (Wildman–Crippen LogP) is 1.85. The van der Waals surface area contributed by atoms with Crippen molar-refractivity contribution in [2.45, 2.75) is 38.0 Å². The van der Waals surface area contributed by atoms with E-state index in [9.17, 15) is 4.79 Å². The van der Waals surface area contributed by atoms with Crippen LogP contribution in [0, 0.1) is 0 Å². The lowest BCUT2D eigenvalue weighted by Crippen LogP contribution is -2.60. The lowest BCUT2D eigenvalue weighted by Gasteiger charge is -2.47. The zero-order chi connectivity index (χ0) is 16.1. The highest BCUT2D eigenvalue weighted by atomic mass is 16.5. The van der Waals surface area contributed by atoms with Gasteiger partial charge >= 0.3 is 0 Å². The highest BCUT2D eigenvalue weighted by molar-refractivity contribution is 5.76. The average Bonchev–Trinajstić information content (AvgIpc) is 2.60. The molecular formula is C18H25N3O2. The Balaban J connectivity index is 1.65. The molecule has 2 aliphatic rings. The number of nitrogens with zero attached hydrogens (tertiary/aromatic N) is 3. The Labute approximate surface area is 137 Å². The molecule has 0 saturated carbocycles. The molecule has 5 heteroatoms. The van der Waals surface area contributed by atoms with Crippen LogP contribution in [-0.4, -0.2) is 59.1 Å². The summed E-state index contributed by atoms with van der Waals surface area (Å²) in [4.78, 5) is 20.9. The number of pyridine rings is 1. The van der Waals surface area contributed by atoms with Crippen molar-refractivity contribution in [1.82, 2.24) is 14.8 Å². The molecule has 1 aromatic rings. The first-order chi connectivity index (χ1) is 11.3. The van der Waals surface area contributed by atoms with E-state index in [1.54, 1.807) is 6.20 Å². The first-order valence-electron chi connectivity index (χ1n) is 8.41. The van der Waals surface area contributed by atoms with E-state index in [2.05, 4.69) is 22.5 Å². The lowest BCUT2D eigenvalue weighted by atomic mass is 9.97. The number of hydrogen-bond donors (Lipinski definition) is 0. The summed E-state index contributed by atoms with van der Waals surface area (Å²) in [6.45, 7) is 7.81. The summed E-state index contributed by atoms with van der Waals surface area (Å²) in [6, 6.07) is 4.36. The van der Waals surface area contributed by atoms with Crippen LogP contribution in [0.3, 0.4) is 0 Å². The molecule has 0 unspecified atom stereocenters. The highest BCUT2D eigenvalue weighted by Gasteiger charge is 2.38. The molecule has 2 saturated heterocycles. The fourth-order valence-corrected chi connectivity index (χ4v) is 3.47. The van der Waals surface area contributed by atoms with Crippen molar-refractivity contribution in [3.63, 3.8) is 0 Å². The molecule has 23 heavy (non-hydrogen) atoms. The standard InChI is InChI=1S/C18H25N3O2/c1-2-3-6-18(22)21-9-7-17-16(14-21)20(10-11-23-17)13-15-5-4-8-19-12-15/h2,4-5,8,12,16-17H,1,3,6-7,9-11,13-14H2/t16-,17+/m1/s1. The molecule has 0 N–H and O–H groups in total. The maximum absolute atomic E-state index is 12.3. The van der Waals surface area contributed by atoms with Crippen molar-refractivity contribution in [1.29, 1.82) is 0 Å². The molecule has 1 aromatic heterocycles. The molecule has 1 amide bonds. The van der Waals surface area contributed by atoms with Gasteiger partial charge in [0.15, 0.2) is 0 Å². The monoisotopic (exact) mass is 315 g/mol. The van der Waals surface area contributed by atoms with E-state index in [-0.39, 0.29) is 18.1 Å². The van der Waals surface area contributed by atoms with Gasteiger partial charge in [0.05, 0.1) is 18.8 Å². The number of allylic oxidation sites excluding steroid dienone is 1. The zero-order valence-corrected chi connectivity index (χ0v) is 13.6. The van der Waals surface area contributed by atoms with Crippen LogP contribution in [0.1, 0.15) is 24.8 Å². The molecule has 5 nitrogen and oxygen atoms in total. The first-order valence-corrected chi connectivity index (χ1v) is 8.41. The van der Waals surface area contributed by atoms with Gasteiger partial charge in [-0.1, -0.05) is 12.1 Å². The largest absolute Gasteiger partial charge is 0.375 e. The van der Waals surface area contributed by atoms with Crippen molar-refractivity contribution in [3.05, 3.63) is 42.7 Å². The van der Waals surface area contributed by atoms with Crippen molar-refractivity contribution >= 4 is 5.91 Å². The lowest BCUT2D eigenvalue weighted by molar-refractivity contribution is -0.143. The molecule has 0 bridgehead atoms. The van der Waals surface area contributed by atoms with Crippen LogP contribution >= 0.6 is 0 Å². The van der Waals surface area contributed by atoms with Crippen LogP contribution in [0.5, 0.6) is 0 Å². The number of piperidine rings is 1. The van der Waals surface area contributed by atoms with Crippen molar-refractivity contribution in [2.75, 3.05) is 26.2 Å². The molecule has 0 radical (unpaired) electrons. The molecule has 124 valence electrons. The van der Waals surface area contributed by atoms with Crippen LogP contribution in [0.15, 0.2) is 37.2 Å². The Kier molecular flexibility index (Phi) is 5.41.